The highest BCUT2D eigenvalue weighted by Crippen LogP contribution is 2.42. The third-order valence-corrected chi connectivity index (χ3v) is 6.20. The highest BCUT2D eigenvalue weighted by molar-refractivity contribution is 5.97. The molecule has 0 saturated carbocycles. The van der Waals surface area contributed by atoms with Crippen molar-refractivity contribution in [3.05, 3.63) is 54.1 Å². The van der Waals surface area contributed by atoms with Crippen LogP contribution in [0.5, 0.6) is 11.5 Å². The van der Waals surface area contributed by atoms with Gasteiger partial charge in [0.2, 0.25) is 0 Å². The highest BCUT2D eigenvalue weighted by Gasteiger charge is 2.59. The number of benzene rings is 2. The predicted molar refractivity (Wildman–Crippen MR) is 115 cm³/mol. The van der Waals surface area contributed by atoms with Crippen molar-refractivity contribution in [1.29, 1.82) is 0 Å². The van der Waals surface area contributed by atoms with Gasteiger partial charge in [0.05, 0.1) is 20.3 Å². The second kappa shape index (κ2) is 8.07. The average molecular weight is 396 g/mol. The fourth-order valence-corrected chi connectivity index (χ4v) is 4.68. The minimum Gasteiger partial charge on any atom is -0.497 e. The normalized spacial score (nSPS) is 24.3. The SMILES string of the molecule is CCOc1ccc([C@]2(O)[C@H](C)[N+]3=C(CCCCC3)N2c2ccc(OC)cc2)cc1. The van der Waals surface area contributed by atoms with Crippen molar-refractivity contribution in [3.8, 4) is 11.5 Å². The van der Waals surface area contributed by atoms with Crippen molar-refractivity contribution >= 4 is 11.5 Å². The zero-order chi connectivity index (χ0) is 20.4. The number of rotatable bonds is 5. The Bertz CT molecular complexity index is 876. The van der Waals surface area contributed by atoms with E-state index in [0.717, 1.165) is 48.6 Å². The van der Waals surface area contributed by atoms with E-state index in [-0.39, 0.29) is 6.04 Å². The summed E-state index contributed by atoms with van der Waals surface area (Å²) in [6.45, 7) is 5.71. The summed E-state index contributed by atoms with van der Waals surface area (Å²) in [6, 6.07) is 15.8. The molecule has 0 saturated heterocycles. The van der Waals surface area contributed by atoms with E-state index in [1.54, 1.807) is 7.11 Å². The molecule has 5 nitrogen and oxygen atoms in total. The largest absolute Gasteiger partial charge is 0.497 e. The summed E-state index contributed by atoms with van der Waals surface area (Å²) >= 11 is 0. The first-order chi connectivity index (χ1) is 14.1. The van der Waals surface area contributed by atoms with E-state index >= 15 is 0 Å². The van der Waals surface area contributed by atoms with E-state index in [1.165, 1.54) is 12.3 Å². The van der Waals surface area contributed by atoms with Crippen LogP contribution in [0.25, 0.3) is 0 Å². The van der Waals surface area contributed by atoms with Gasteiger partial charge < -0.3 is 14.6 Å². The summed E-state index contributed by atoms with van der Waals surface area (Å²) in [7, 11) is 1.67. The van der Waals surface area contributed by atoms with Crippen LogP contribution in [-0.2, 0) is 5.72 Å². The van der Waals surface area contributed by atoms with Crippen LogP contribution in [0.3, 0.4) is 0 Å². The smallest absolute Gasteiger partial charge is 0.278 e. The van der Waals surface area contributed by atoms with Gasteiger partial charge in [-0.05, 0) is 81.6 Å². The molecule has 0 bridgehead atoms. The number of amidine groups is 1. The molecule has 2 aliphatic rings. The van der Waals surface area contributed by atoms with Crippen LogP contribution in [0, 0.1) is 0 Å². The Balaban J connectivity index is 1.81. The topological polar surface area (TPSA) is 44.9 Å². The van der Waals surface area contributed by atoms with Gasteiger partial charge >= 0.3 is 0 Å². The molecule has 0 amide bonds. The Morgan fingerprint density at radius 1 is 1.03 bits per heavy atom. The van der Waals surface area contributed by atoms with Gasteiger partial charge in [-0.25, -0.2) is 0 Å². The van der Waals surface area contributed by atoms with Crippen molar-refractivity contribution in [2.24, 2.45) is 0 Å². The first-order valence-corrected chi connectivity index (χ1v) is 10.6. The second-order valence-corrected chi connectivity index (χ2v) is 7.81. The maximum Gasteiger partial charge on any atom is 0.278 e. The summed E-state index contributed by atoms with van der Waals surface area (Å²) in [5, 5.41) is 12.2. The second-order valence-electron chi connectivity index (χ2n) is 7.81. The van der Waals surface area contributed by atoms with Crippen LogP contribution in [-0.4, -0.2) is 41.8 Å². The van der Waals surface area contributed by atoms with E-state index in [0.29, 0.717) is 6.61 Å². The monoisotopic (exact) mass is 395 g/mol. The maximum atomic E-state index is 12.2. The number of aliphatic hydroxyl groups is 1. The number of anilines is 1. The van der Waals surface area contributed by atoms with Crippen LogP contribution in [0.1, 0.15) is 45.1 Å². The zero-order valence-corrected chi connectivity index (χ0v) is 17.6. The fraction of sp³-hybridized carbons (Fsp3) is 0.458. The summed E-state index contributed by atoms with van der Waals surface area (Å²) in [6.07, 6.45) is 4.49. The lowest BCUT2D eigenvalue weighted by molar-refractivity contribution is -0.571. The quantitative estimate of drug-likeness (QED) is 0.773. The summed E-state index contributed by atoms with van der Waals surface area (Å²) in [4.78, 5) is 2.14. The van der Waals surface area contributed by atoms with Gasteiger partial charge in [0.15, 0.2) is 6.04 Å². The molecule has 0 aliphatic carbocycles. The van der Waals surface area contributed by atoms with Crippen molar-refractivity contribution in [2.75, 3.05) is 25.2 Å². The van der Waals surface area contributed by atoms with E-state index in [2.05, 4.69) is 16.4 Å². The Labute approximate surface area is 173 Å². The lowest BCUT2D eigenvalue weighted by Gasteiger charge is -2.32. The molecule has 2 aromatic rings. The molecule has 0 unspecified atom stereocenters. The molecule has 2 heterocycles. The standard InChI is InChI=1S/C24H31N2O3/c1-4-29-22-13-9-19(10-14-22)24(27)18(2)25-17-7-5-6-8-23(25)26(24)20-11-15-21(28-3)16-12-20/h9-16,18,27H,4-8,17H2,1-3H3/q+1/t18-,24+/m0/s1. The van der Waals surface area contributed by atoms with Crippen molar-refractivity contribution in [3.63, 3.8) is 0 Å². The molecule has 0 spiro atoms. The number of nitrogens with zero attached hydrogens (tertiary/aromatic N) is 2. The third kappa shape index (κ3) is 3.38. The van der Waals surface area contributed by atoms with Crippen LogP contribution >= 0.6 is 0 Å². The van der Waals surface area contributed by atoms with Gasteiger partial charge in [0.25, 0.3) is 11.6 Å². The van der Waals surface area contributed by atoms with Gasteiger partial charge in [0.1, 0.15) is 17.2 Å². The molecule has 0 fully saturated rings. The van der Waals surface area contributed by atoms with Gasteiger partial charge in [-0.1, -0.05) is 0 Å². The molecule has 154 valence electrons. The Morgan fingerprint density at radius 3 is 2.38 bits per heavy atom. The number of hydrogen-bond acceptors (Lipinski definition) is 4. The molecule has 4 rings (SSSR count). The molecule has 2 aliphatic heterocycles. The summed E-state index contributed by atoms with van der Waals surface area (Å²) in [5.74, 6) is 2.84. The minimum absolute atomic E-state index is 0.0596. The van der Waals surface area contributed by atoms with E-state index in [4.69, 9.17) is 9.47 Å². The third-order valence-electron chi connectivity index (χ3n) is 6.20. The minimum atomic E-state index is -1.15. The molecule has 1 N–H and O–H groups in total. The summed E-state index contributed by atoms with van der Waals surface area (Å²) in [5.41, 5.74) is 0.713. The molecule has 29 heavy (non-hydrogen) atoms. The Hall–Kier alpha value is -2.53. The molecule has 2 aromatic carbocycles. The van der Waals surface area contributed by atoms with E-state index in [9.17, 15) is 5.11 Å². The van der Waals surface area contributed by atoms with E-state index < -0.39 is 5.72 Å². The van der Waals surface area contributed by atoms with Crippen LogP contribution in [0.2, 0.25) is 0 Å². The van der Waals surface area contributed by atoms with Crippen molar-refractivity contribution in [2.45, 2.75) is 51.3 Å². The lowest BCUT2D eigenvalue weighted by atomic mass is 9.93. The predicted octanol–water partition coefficient (Wildman–Crippen LogP) is 4.13. The molecule has 0 radical (unpaired) electrons. The average Bonchev–Trinajstić information content (AvgIpc) is 2.89. The molecule has 2 atom stereocenters. The Morgan fingerprint density at radius 2 is 1.72 bits per heavy atom. The number of hydrogen-bond donors (Lipinski definition) is 1. The van der Waals surface area contributed by atoms with Crippen LogP contribution in [0.4, 0.5) is 5.69 Å². The Kier molecular flexibility index (Phi) is 5.50. The van der Waals surface area contributed by atoms with E-state index in [1.807, 2.05) is 55.5 Å². The lowest BCUT2D eigenvalue weighted by Crippen LogP contribution is -2.51. The summed E-state index contributed by atoms with van der Waals surface area (Å²) < 4.78 is 13.3. The highest BCUT2D eigenvalue weighted by atomic mass is 16.5. The van der Waals surface area contributed by atoms with Gasteiger partial charge in [-0.15, -0.1) is 0 Å². The first-order valence-electron chi connectivity index (χ1n) is 10.6. The van der Waals surface area contributed by atoms with Crippen LogP contribution < -0.4 is 14.4 Å². The molecule has 5 heteroatoms. The first kappa shape index (κ1) is 19.8. The van der Waals surface area contributed by atoms with Crippen LogP contribution in [0.15, 0.2) is 48.5 Å². The molecular weight excluding hydrogens is 364 g/mol. The number of methoxy groups -OCH3 is 1. The zero-order valence-electron chi connectivity index (χ0n) is 17.6. The number of ether oxygens (including phenoxy) is 2. The van der Waals surface area contributed by atoms with Crippen molar-refractivity contribution in [1.82, 2.24) is 0 Å². The van der Waals surface area contributed by atoms with Crippen molar-refractivity contribution < 1.29 is 19.2 Å². The van der Waals surface area contributed by atoms with Gasteiger partial charge in [0, 0.05) is 12.0 Å². The maximum absolute atomic E-state index is 12.2. The van der Waals surface area contributed by atoms with Gasteiger partial charge in [-0.3, -0.25) is 4.58 Å². The molecule has 0 aromatic heterocycles. The molecular formula is C24H31N2O3+. The van der Waals surface area contributed by atoms with Gasteiger partial charge in [-0.2, -0.15) is 4.90 Å². The fourth-order valence-electron chi connectivity index (χ4n) is 4.68.